The highest BCUT2D eigenvalue weighted by Crippen LogP contribution is 2.23. The van der Waals surface area contributed by atoms with Gasteiger partial charge in [0.1, 0.15) is 5.52 Å². The summed E-state index contributed by atoms with van der Waals surface area (Å²) < 4.78 is 5.24. The van der Waals surface area contributed by atoms with E-state index in [4.69, 9.17) is 10.2 Å². The Labute approximate surface area is 80.1 Å². The molecule has 14 heavy (non-hydrogen) atoms. The van der Waals surface area contributed by atoms with E-state index in [0.717, 1.165) is 21.9 Å². The minimum absolute atomic E-state index is 0.218. The lowest BCUT2D eigenvalue weighted by molar-refractivity contribution is 0.626. The van der Waals surface area contributed by atoms with Crippen LogP contribution in [-0.4, -0.2) is 4.98 Å². The quantitative estimate of drug-likeness (QED) is 0.584. The van der Waals surface area contributed by atoms with E-state index in [-0.39, 0.29) is 6.01 Å². The van der Waals surface area contributed by atoms with Crippen LogP contribution in [0.2, 0.25) is 0 Å². The number of rotatable bonds is 0. The number of fused-ring (bicyclic) bond motifs is 2. The summed E-state index contributed by atoms with van der Waals surface area (Å²) in [5, 5.41) is 2.28. The van der Waals surface area contributed by atoms with Crippen LogP contribution in [0, 0.1) is 0 Å². The van der Waals surface area contributed by atoms with Crippen molar-refractivity contribution in [3.63, 3.8) is 0 Å². The Morgan fingerprint density at radius 3 is 2.57 bits per heavy atom. The molecule has 3 heteroatoms. The highest BCUT2D eigenvalue weighted by molar-refractivity contribution is 5.94. The van der Waals surface area contributed by atoms with Gasteiger partial charge in [0.25, 0.3) is 6.01 Å². The van der Waals surface area contributed by atoms with Crippen LogP contribution in [-0.2, 0) is 0 Å². The minimum Gasteiger partial charge on any atom is -0.424 e. The van der Waals surface area contributed by atoms with Crippen LogP contribution in [0.1, 0.15) is 0 Å². The fraction of sp³-hybridized carbons (Fsp3) is 0. The fourth-order valence-electron chi connectivity index (χ4n) is 1.63. The lowest BCUT2D eigenvalue weighted by Crippen LogP contribution is -1.80. The number of nitrogen functional groups attached to an aromatic ring is 1. The molecule has 1 aromatic heterocycles. The normalized spacial score (nSPS) is 11.1. The van der Waals surface area contributed by atoms with E-state index in [1.54, 1.807) is 0 Å². The molecule has 0 aliphatic heterocycles. The summed E-state index contributed by atoms with van der Waals surface area (Å²) in [5.41, 5.74) is 7.02. The fourth-order valence-corrected chi connectivity index (χ4v) is 1.63. The number of oxazole rings is 1. The highest BCUT2D eigenvalue weighted by atomic mass is 16.4. The van der Waals surface area contributed by atoms with Gasteiger partial charge in [-0.15, -0.1) is 0 Å². The molecule has 0 atom stereocenters. The molecule has 0 saturated heterocycles. The van der Waals surface area contributed by atoms with Gasteiger partial charge in [0.15, 0.2) is 5.58 Å². The molecule has 3 nitrogen and oxygen atoms in total. The van der Waals surface area contributed by atoms with Crippen molar-refractivity contribution in [1.29, 1.82) is 0 Å². The maximum atomic E-state index is 5.48. The average Bonchev–Trinajstić information content (AvgIpc) is 2.53. The van der Waals surface area contributed by atoms with E-state index < -0.39 is 0 Å². The Morgan fingerprint density at radius 1 is 1.07 bits per heavy atom. The summed E-state index contributed by atoms with van der Waals surface area (Å²) in [6.45, 7) is 0. The number of benzene rings is 2. The van der Waals surface area contributed by atoms with Crippen molar-refractivity contribution in [3.8, 4) is 0 Å². The molecule has 0 saturated carbocycles. The lowest BCUT2D eigenvalue weighted by Gasteiger charge is -1.94. The first-order valence-corrected chi connectivity index (χ1v) is 4.38. The van der Waals surface area contributed by atoms with Gasteiger partial charge >= 0.3 is 0 Å². The number of hydrogen-bond acceptors (Lipinski definition) is 3. The van der Waals surface area contributed by atoms with Gasteiger partial charge in [0.05, 0.1) is 0 Å². The van der Waals surface area contributed by atoms with Crippen LogP contribution in [0.4, 0.5) is 6.01 Å². The number of hydrogen-bond donors (Lipinski definition) is 1. The molecule has 68 valence electrons. The highest BCUT2D eigenvalue weighted by Gasteiger charge is 2.03. The van der Waals surface area contributed by atoms with Crippen molar-refractivity contribution in [3.05, 3.63) is 36.4 Å². The summed E-state index contributed by atoms with van der Waals surface area (Å²) >= 11 is 0. The van der Waals surface area contributed by atoms with Gasteiger partial charge in [0, 0.05) is 0 Å². The van der Waals surface area contributed by atoms with E-state index in [0.29, 0.717) is 0 Å². The topological polar surface area (TPSA) is 52.0 Å². The van der Waals surface area contributed by atoms with Gasteiger partial charge in [-0.2, -0.15) is 4.98 Å². The van der Waals surface area contributed by atoms with Crippen LogP contribution in [0.15, 0.2) is 40.8 Å². The second-order valence-electron chi connectivity index (χ2n) is 3.22. The molecule has 2 aromatic carbocycles. The summed E-state index contributed by atoms with van der Waals surface area (Å²) in [4.78, 5) is 4.07. The van der Waals surface area contributed by atoms with Crippen LogP contribution < -0.4 is 5.73 Å². The molecule has 1 heterocycles. The second kappa shape index (κ2) is 2.48. The molecule has 0 radical (unpaired) electrons. The minimum atomic E-state index is 0.218. The number of nitrogens with two attached hydrogens (primary N) is 1. The molecule has 0 amide bonds. The zero-order chi connectivity index (χ0) is 9.54. The monoisotopic (exact) mass is 184 g/mol. The van der Waals surface area contributed by atoms with E-state index in [9.17, 15) is 0 Å². The van der Waals surface area contributed by atoms with Crippen LogP contribution in [0.25, 0.3) is 21.9 Å². The Morgan fingerprint density at radius 2 is 1.79 bits per heavy atom. The molecule has 0 bridgehead atoms. The third kappa shape index (κ3) is 0.956. The van der Waals surface area contributed by atoms with E-state index in [2.05, 4.69) is 4.98 Å². The van der Waals surface area contributed by atoms with Crippen molar-refractivity contribution < 1.29 is 4.42 Å². The van der Waals surface area contributed by atoms with Crippen molar-refractivity contribution in [2.24, 2.45) is 0 Å². The summed E-state index contributed by atoms with van der Waals surface area (Å²) in [6.07, 6.45) is 0. The lowest BCUT2D eigenvalue weighted by atomic mass is 10.1. The third-order valence-corrected chi connectivity index (χ3v) is 2.27. The first-order valence-electron chi connectivity index (χ1n) is 4.38. The molecule has 0 unspecified atom stereocenters. The van der Waals surface area contributed by atoms with Crippen LogP contribution >= 0.6 is 0 Å². The molecule has 0 spiro atoms. The maximum absolute atomic E-state index is 5.48. The summed E-state index contributed by atoms with van der Waals surface area (Å²) in [7, 11) is 0. The molecule has 0 aliphatic carbocycles. The van der Waals surface area contributed by atoms with Crippen molar-refractivity contribution >= 4 is 27.9 Å². The predicted octanol–water partition coefficient (Wildman–Crippen LogP) is 2.56. The van der Waals surface area contributed by atoms with Gasteiger partial charge in [-0.05, 0) is 22.9 Å². The van der Waals surface area contributed by atoms with E-state index in [1.165, 1.54) is 0 Å². The first-order chi connectivity index (χ1) is 6.83. The molecule has 0 aliphatic rings. The van der Waals surface area contributed by atoms with Gasteiger partial charge in [0.2, 0.25) is 0 Å². The molecular weight excluding hydrogens is 176 g/mol. The van der Waals surface area contributed by atoms with E-state index in [1.807, 2.05) is 36.4 Å². The van der Waals surface area contributed by atoms with Gasteiger partial charge in [-0.1, -0.05) is 24.3 Å². The maximum Gasteiger partial charge on any atom is 0.292 e. The summed E-state index contributed by atoms with van der Waals surface area (Å²) in [6, 6.07) is 12.2. The summed E-state index contributed by atoms with van der Waals surface area (Å²) in [5.74, 6) is 0. The third-order valence-electron chi connectivity index (χ3n) is 2.27. The largest absolute Gasteiger partial charge is 0.424 e. The van der Waals surface area contributed by atoms with Crippen molar-refractivity contribution in [1.82, 2.24) is 4.98 Å². The Hall–Kier alpha value is -2.03. The van der Waals surface area contributed by atoms with Gasteiger partial charge in [-0.25, -0.2) is 0 Å². The molecule has 2 N–H and O–H groups in total. The standard InChI is InChI=1S/C11H8N2O/c12-11-13-9-5-7-3-1-2-4-8(7)6-10(9)14-11/h1-6H,(H2,12,13). The molecule has 0 fully saturated rings. The van der Waals surface area contributed by atoms with Crippen molar-refractivity contribution in [2.75, 3.05) is 5.73 Å². The van der Waals surface area contributed by atoms with E-state index >= 15 is 0 Å². The molecular formula is C11H8N2O. The molecule has 3 rings (SSSR count). The number of aromatic nitrogens is 1. The van der Waals surface area contributed by atoms with Gasteiger partial charge in [-0.3, -0.25) is 0 Å². The Balaban J connectivity index is 2.51. The average molecular weight is 184 g/mol. The van der Waals surface area contributed by atoms with Crippen LogP contribution in [0.5, 0.6) is 0 Å². The van der Waals surface area contributed by atoms with Gasteiger partial charge < -0.3 is 10.2 Å². The Kier molecular flexibility index (Phi) is 1.31. The first kappa shape index (κ1) is 7.38. The smallest absolute Gasteiger partial charge is 0.292 e. The number of nitrogens with zero attached hydrogens (tertiary/aromatic N) is 1. The van der Waals surface area contributed by atoms with Crippen molar-refractivity contribution in [2.45, 2.75) is 0 Å². The second-order valence-corrected chi connectivity index (χ2v) is 3.22. The zero-order valence-electron chi connectivity index (χ0n) is 7.40. The zero-order valence-corrected chi connectivity index (χ0v) is 7.40. The predicted molar refractivity (Wildman–Crippen MR) is 55.9 cm³/mol. The number of anilines is 1. The SMILES string of the molecule is Nc1nc2cc3ccccc3cc2o1. The van der Waals surface area contributed by atoms with Crippen LogP contribution in [0.3, 0.4) is 0 Å². The Bertz CT molecular complexity index is 560. The molecule has 3 aromatic rings.